The van der Waals surface area contributed by atoms with Gasteiger partial charge in [-0.2, -0.15) is 10.2 Å². The highest BCUT2D eigenvalue weighted by atomic mass is 32.2. The molecule has 1 saturated heterocycles. The molecule has 2 rings (SSSR count). The lowest BCUT2D eigenvalue weighted by molar-refractivity contribution is -0.392. The van der Waals surface area contributed by atoms with Crippen molar-refractivity contribution in [2.24, 2.45) is 10.3 Å². The molecule has 1 aromatic rings. The number of hydrogen-bond acceptors (Lipinski definition) is 9. The lowest BCUT2D eigenvalue weighted by atomic mass is 10.3. The van der Waals surface area contributed by atoms with Crippen LogP contribution in [0, 0.1) is 10.1 Å². The van der Waals surface area contributed by atoms with E-state index in [1.807, 2.05) is 0 Å². The van der Waals surface area contributed by atoms with Crippen LogP contribution in [0.1, 0.15) is 5.69 Å². The van der Waals surface area contributed by atoms with Gasteiger partial charge >= 0.3 is 5.82 Å². The van der Waals surface area contributed by atoms with Crippen molar-refractivity contribution in [1.29, 1.82) is 0 Å². The molecule has 1 atom stereocenters. The van der Waals surface area contributed by atoms with Gasteiger partial charge in [0.15, 0.2) is 17.2 Å². The molecule has 0 aliphatic carbocycles. The molecule has 0 bridgehead atoms. The number of nitrogens with one attached hydrogen (secondary N) is 1. The minimum absolute atomic E-state index is 0.0424. The van der Waals surface area contributed by atoms with Crippen LogP contribution in [0.4, 0.5) is 5.82 Å². The van der Waals surface area contributed by atoms with Crippen LogP contribution >= 0.6 is 0 Å². The van der Waals surface area contributed by atoms with Gasteiger partial charge in [-0.1, -0.05) is 0 Å². The summed E-state index contributed by atoms with van der Waals surface area (Å²) in [6, 6.07) is 0. The first-order valence-electron chi connectivity index (χ1n) is 7.25. The fourth-order valence-electron chi connectivity index (χ4n) is 2.42. The Kier molecular flexibility index (Phi) is 6.85. The third kappa shape index (κ3) is 5.21. The summed E-state index contributed by atoms with van der Waals surface area (Å²) in [5, 5.41) is 14.6. The number of aromatic nitrogens is 2. The second-order valence-corrected chi connectivity index (χ2v) is 5.98. The maximum atomic E-state index is 11.3. The van der Waals surface area contributed by atoms with E-state index in [1.54, 1.807) is 0 Å². The summed E-state index contributed by atoms with van der Waals surface area (Å²) in [7, 11) is -2.27. The third-order valence-electron chi connectivity index (χ3n) is 3.58. The number of nitro groups is 1. The molecule has 1 aliphatic rings. The normalized spacial score (nSPS) is 17.4. The van der Waals surface area contributed by atoms with Gasteiger partial charge in [-0.3, -0.25) is 4.90 Å². The zero-order chi connectivity index (χ0) is 16.7. The molecule has 0 amide bonds. The number of imidazole rings is 1. The highest BCUT2D eigenvalue weighted by Gasteiger charge is 2.22. The Labute approximate surface area is 135 Å². The molecular formula is C11H21N7O4S. The SMILES string of the molecule is NO[SH](=O)=NCCc1ncn(CCN2CCNCC2)c1[N+](=O)[O-]. The van der Waals surface area contributed by atoms with Crippen molar-refractivity contribution in [3.8, 4) is 0 Å². The summed E-state index contributed by atoms with van der Waals surface area (Å²) in [6.45, 7) is 5.05. The van der Waals surface area contributed by atoms with Crippen molar-refractivity contribution in [1.82, 2.24) is 19.8 Å². The van der Waals surface area contributed by atoms with Crippen LogP contribution in [0.2, 0.25) is 0 Å². The summed E-state index contributed by atoms with van der Waals surface area (Å²) in [4.78, 5) is 17.2. The van der Waals surface area contributed by atoms with Crippen molar-refractivity contribution in [2.45, 2.75) is 13.0 Å². The third-order valence-corrected chi connectivity index (χ3v) is 4.19. The summed E-state index contributed by atoms with van der Waals surface area (Å²) in [6.07, 6.45) is 1.68. The van der Waals surface area contributed by atoms with E-state index in [2.05, 4.69) is 23.8 Å². The molecule has 0 saturated carbocycles. The topological polar surface area (TPSA) is 141 Å². The fraction of sp³-hybridized carbons (Fsp3) is 0.727. The lowest BCUT2D eigenvalue weighted by Crippen LogP contribution is -2.44. The first kappa shape index (κ1) is 17.7. The summed E-state index contributed by atoms with van der Waals surface area (Å²) >= 11 is 0. The number of nitrogens with zero attached hydrogens (tertiary/aromatic N) is 5. The molecule has 1 unspecified atom stereocenters. The van der Waals surface area contributed by atoms with Crippen LogP contribution in [-0.4, -0.2) is 62.9 Å². The van der Waals surface area contributed by atoms with E-state index in [4.69, 9.17) is 5.90 Å². The predicted octanol–water partition coefficient (Wildman–Crippen LogP) is -1.29. The number of piperazine rings is 1. The zero-order valence-electron chi connectivity index (χ0n) is 12.6. The number of thiol groups is 1. The molecule has 2 heterocycles. The molecule has 3 N–H and O–H groups in total. The van der Waals surface area contributed by atoms with Crippen LogP contribution in [0.15, 0.2) is 10.7 Å². The average molecular weight is 347 g/mol. The molecule has 0 radical (unpaired) electrons. The van der Waals surface area contributed by atoms with E-state index in [1.165, 1.54) is 10.9 Å². The predicted molar refractivity (Wildman–Crippen MR) is 84.0 cm³/mol. The summed E-state index contributed by atoms with van der Waals surface area (Å²) in [5.74, 6) is 4.69. The van der Waals surface area contributed by atoms with E-state index in [9.17, 15) is 14.3 Å². The maximum absolute atomic E-state index is 11.3. The van der Waals surface area contributed by atoms with Gasteiger partial charge in [-0.05, 0) is 4.92 Å². The summed E-state index contributed by atoms with van der Waals surface area (Å²) in [5.41, 5.74) is 0.319. The van der Waals surface area contributed by atoms with Crippen LogP contribution in [0.3, 0.4) is 0 Å². The smallest absolute Gasteiger partial charge is 0.345 e. The number of nitrogens with two attached hydrogens (primary N) is 1. The largest absolute Gasteiger partial charge is 0.358 e. The first-order chi connectivity index (χ1) is 11.1. The Balaban J connectivity index is 1.99. The Morgan fingerprint density at radius 2 is 2.22 bits per heavy atom. The minimum Gasteiger partial charge on any atom is -0.358 e. The zero-order valence-corrected chi connectivity index (χ0v) is 13.5. The average Bonchev–Trinajstić information content (AvgIpc) is 2.97. The second kappa shape index (κ2) is 8.88. The molecule has 12 heteroatoms. The Morgan fingerprint density at radius 3 is 2.87 bits per heavy atom. The second-order valence-electron chi connectivity index (χ2n) is 5.02. The number of rotatable bonds is 8. The lowest BCUT2D eigenvalue weighted by Gasteiger charge is -2.26. The van der Waals surface area contributed by atoms with Crippen LogP contribution in [0.5, 0.6) is 0 Å². The molecule has 1 aliphatic heterocycles. The van der Waals surface area contributed by atoms with Gasteiger partial charge < -0.3 is 15.4 Å². The Bertz CT molecular complexity index is 608. The fourth-order valence-corrected chi connectivity index (χ4v) is 2.75. The minimum atomic E-state index is -2.27. The van der Waals surface area contributed by atoms with E-state index in [0.29, 0.717) is 12.2 Å². The van der Waals surface area contributed by atoms with Crippen molar-refractivity contribution in [3.63, 3.8) is 0 Å². The standard InChI is InChI=1S/C11H21N7O4S/c12-22-23(21)15-2-1-10-11(18(19)20)17(9-14-10)8-7-16-5-3-13-4-6-16/h9,13,23H,1-8,12H2. The molecule has 23 heavy (non-hydrogen) atoms. The van der Waals surface area contributed by atoms with E-state index < -0.39 is 15.8 Å². The van der Waals surface area contributed by atoms with Gasteiger partial charge in [0.25, 0.3) is 0 Å². The molecule has 1 fully saturated rings. The van der Waals surface area contributed by atoms with Crippen LogP contribution in [0.25, 0.3) is 0 Å². The summed E-state index contributed by atoms with van der Waals surface area (Å²) < 4.78 is 20.2. The van der Waals surface area contributed by atoms with Crippen molar-refractivity contribution < 1.29 is 13.4 Å². The molecule has 0 aromatic carbocycles. The van der Waals surface area contributed by atoms with Gasteiger partial charge in [0.2, 0.25) is 0 Å². The molecule has 130 valence electrons. The number of hydrogen-bond donors (Lipinski definition) is 3. The van der Waals surface area contributed by atoms with Gasteiger partial charge in [0, 0.05) is 39.1 Å². The molecule has 1 aromatic heterocycles. The van der Waals surface area contributed by atoms with Crippen LogP contribution in [-0.2, 0) is 28.1 Å². The Morgan fingerprint density at radius 1 is 1.48 bits per heavy atom. The molecule has 11 nitrogen and oxygen atoms in total. The highest BCUT2D eigenvalue weighted by Crippen LogP contribution is 2.18. The van der Waals surface area contributed by atoms with Gasteiger partial charge in [0.1, 0.15) is 12.2 Å². The van der Waals surface area contributed by atoms with Gasteiger partial charge in [-0.25, -0.2) is 18.1 Å². The van der Waals surface area contributed by atoms with Crippen molar-refractivity contribution in [2.75, 3.05) is 39.3 Å². The van der Waals surface area contributed by atoms with Gasteiger partial charge in [0.05, 0.1) is 6.54 Å². The van der Waals surface area contributed by atoms with E-state index in [-0.39, 0.29) is 18.8 Å². The Hall–Kier alpha value is -1.60. The van der Waals surface area contributed by atoms with Crippen molar-refractivity contribution in [3.05, 3.63) is 22.1 Å². The van der Waals surface area contributed by atoms with Gasteiger partial charge in [-0.15, -0.1) is 0 Å². The molecule has 0 spiro atoms. The van der Waals surface area contributed by atoms with E-state index in [0.717, 1.165) is 32.7 Å². The monoisotopic (exact) mass is 347 g/mol. The van der Waals surface area contributed by atoms with E-state index >= 15 is 0 Å². The first-order valence-corrected chi connectivity index (χ1v) is 8.38. The van der Waals surface area contributed by atoms with Crippen LogP contribution < -0.4 is 11.2 Å². The highest BCUT2D eigenvalue weighted by molar-refractivity contribution is 7.69. The maximum Gasteiger partial charge on any atom is 0.345 e. The molecular weight excluding hydrogens is 326 g/mol. The quantitative estimate of drug-likeness (QED) is 0.300. The van der Waals surface area contributed by atoms with Crippen molar-refractivity contribution >= 4 is 16.7 Å².